The van der Waals surface area contributed by atoms with Gasteiger partial charge < -0.3 is 4.98 Å². The lowest BCUT2D eigenvalue weighted by Gasteiger charge is -2.32. The molecule has 46 heavy (non-hydrogen) atoms. The van der Waals surface area contributed by atoms with Crippen molar-refractivity contribution in [3.63, 3.8) is 0 Å². The molecule has 8 bridgehead atoms. The van der Waals surface area contributed by atoms with Crippen LogP contribution in [0.2, 0.25) is 0 Å². The Bertz CT molecular complexity index is 2060. The van der Waals surface area contributed by atoms with E-state index in [2.05, 4.69) is 173 Å². The van der Waals surface area contributed by atoms with Crippen molar-refractivity contribution in [1.29, 1.82) is 0 Å². The number of quaternary nitrogens is 4. The van der Waals surface area contributed by atoms with E-state index in [1.54, 1.807) is 0 Å². The molecular formula is C38H50N8+4. The smallest absolute Gasteiger partial charge is 0.218 e. The number of rotatable bonds is 5. The van der Waals surface area contributed by atoms with Gasteiger partial charge >= 0.3 is 0 Å². The molecule has 0 radical (unpaired) electrons. The molecular weight excluding hydrogens is 568 g/mol. The second-order valence-corrected chi connectivity index (χ2v) is 16.0. The van der Waals surface area contributed by atoms with Crippen molar-refractivity contribution in [1.82, 2.24) is 37.7 Å². The quantitative estimate of drug-likeness (QED) is 0.218. The third-order valence-corrected chi connectivity index (χ3v) is 8.41. The van der Waals surface area contributed by atoms with Gasteiger partial charge in [0, 0.05) is 11.6 Å². The first-order valence-electron chi connectivity index (χ1n) is 15.9. The van der Waals surface area contributed by atoms with Crippen LogP contribution in [0.15, 0.2) is 54.6 Å². The molecule has 8 heteroatoms. The predicted octanol–water partition coefficient (Wildman–Crippen LogP) is 6.71. The summed E-state index contributed by atoms with van der Waals surface area (Å²) in [5.74, 6) is 0. The Morgan fingerprint density at radius 1 is 0.565 bits per heavy atom. The molecule has 0 aliphatic carbocycles. The Morgan fingerprint density at radius 2 is 1.09 bits per heavy atom. The zero-order valence-electron chi connectivity index (χ0n) is 29.6. The fourth-order valence-electron chi connectivity index (χ4n) is 6.66. The van der Waals surface area contributed by atoms with Crippen molar-refractivity contribution in [2.75, 3.05) is 84.6 Å². The molecule has 1 aromatic carbocycles. The van der Waals surface area contributed by atoms with Crippen molar-refractivity contribution >= 4 is 63.4 Å². The van der Waals surface area contributed by atoms with Crippen LogP contribution in [-0.2, 0) is 0 Å². The number of fused-ring (bicyclic) bond motifs is 8. The zero-order valence-corrected chi connectivity index (χ0v) is 29.6. The number of aromatic amines is 1. The molecule has 0 spiro atoms. The minimum absolute atomic E-state index is 0.558. The minimum Gasteiger partial charge on any atom is -0.345 e. The van der Waals surface area contributed by atoms with E-state index in [0.717, 1.165) is 39.3 Å². The van der Waals surface area contributed by atoms with E-state index in [-0.39, 0.29) is 0 Å². The molecule has 0 fully saturated rings. The molecule has 1 N–H and O–H groups in total. The Morgan fingerprint density at radius 3 is 1.59 bits per heavy atom. The Kier molecular flexibility index (Phi) is 7.29. The highest BCUT2D eigenvalue weighted by molar-refractivity contribution is 6.09. The highest BCUT2D eigenvalue weighted by atomic mass is 15.7. The van der Waals surface area contributed by atoms with Gasteiger partial charge in [-0.05, 0) is 48.1 Å². The van der Waals surface area contributed by atoms with Crippen LogP contribution in [0.3, 0.4) is 0 Å². The summed E-state index contributed by atoms with van der Waals surface area (Å²) in [4.78, 5) is 13.9. The third-order valence-electron chi connectivity index (χ3n) is 8.41. The normalized spacial score (nSPS) is 13.9. The van der Waals surface area contributed by atoms with E-state index < -0.39 is 0 Å². The second kappa shape index (κ2) is 10.6. The first-order valence-corrected chi connectivity index (χ1v) is 15.9. The van der Waals surface area contributed by atoms with Crippen molar-refractivity contribution in [3.8, 4) is 11.1 Å². The van der Waals surface area contributed by atoms with Crippen LogP contribution < -0.4 is 18.0 Å². The van der Waals surface area contributed by atoms with Crippen LogP contribution in [-0.4, -0.2) is 104 Å². The summed E-state index contributed by atoms with van der Waals surface area (Å²) >= 11 is 0. The van der Waals surface area contributed by atoms with Crippen molar-refractivity contribution in [2.24, 2.45) is 0 Å². The summed E-state index contributed by atoms with van der Waals surface area (Å²) < 4.78 is 4.96. The molecule has 6 rings (SSSR count). The van der Waals surface area contributed by atoms with Crippen molar-refractivity contribution in [3.05, 3.63) is 77.4 Å². The molecule has 4 aromatic rings. The summed E-state index contributed by atoms with van der Waals surface area (Å²) in [5, 5.41) is 0. The number of hydrogen-bond donors (Lipinski definition) is 1. The molecule has 0 saturated carbocycles. The lowest BCUT2D eigenvalue weighted by atomic mass is 10.0. The summed E-state index contributed by atoms with van der Waals surface area (Å²) in [6.07, 6.45) is 8.33. The fraction of sp³-hybridized carbons (Fsp3) is 0.316. The molecule has 5 heterocycles. The summed E-state index contributed by atoms with van der Waals surface area (Å²) in [6, 6.07) is 19.6. The van der Waals surface area contributed by atoms with Gasteiger partial charge in [0.2, 0.25) is 5.52 Å². The number of hydrogen-bond acceptors (Lipinski definition) is 2. The standard InChI is InChI=1S/C38H50N8/c1-43(2,3)33-25-31-23-29-19-18-27(39-29)22-28-20-21-30(40-28)24-32-34(26-16-14-13-15-17-26)37(44(4,5)6)36(42(32)46(10,11)12)38(35(33)41-31)45(7,8)9/h13-25,41H,1-12H3/q+4. The van der Waals surface area contributed by atoms with Gasteiger partial charge in [-0.3, -0.25) is 13.4 Å². The number of nitrogens with one attached hydrogen (secondary N) is 1. The molecule has 0 saturated heterocycles. The number of H-pyrrole nitrogens is 1. The van der Waals surface area contributed by atoms with Gasteiger partial charge in [-0.2, -0.15) is 4.68 Å². The first kappa shape index (κ1) is 31.6. The zero-order chi connectivity index (χ0) is 33.4. The SMILES string of the molecule is C[N+](C)(C)c1cc2cc3nc(cc4nc(cc5c(-c6ccccc6)c([N+](C)(C)C)c(c([N+](C)(C)C)c1[nH]2)n5[N+](C)(C)C)C=C4)C=C3. The lowest BCUT2D eigenvalue weighted by Crippen LogP contribution is -2.47. The highest BCUT2D eigenvalue weighted by Crippen LogP contribution is 2.49. The van der Waals surface area contributed by atoms with E-state index in [9.17, 15) is 0 Å². The number of benzene rings is 1. The Labute approximate surface area is 273 Å². The topological polar surface area (TPSA) is 46.5 Å². The van der Waals surface area contributed by atoms with Crippen LogP contribution in [0.4, 0.5) is 17.1 Å². The van der Waals surface area contributed by atoms with Crippen LogP contribution in [0.5, 0.6) is 0 Å². The molecule has 0 atom stereocenters. The average molecular weight is 619 g/mol. The van der Waals surface area contributed by atoms with Crippen molar-refractivity contribution in [2.45, 2.75) is 0 Å². The van der Waals surface area contributed by atoms with Gasteiger partial charge in [-0.1, -0.05) is 30.3 Å². The fourth-order valence-corrected chi connectivity index (χ4v) is 6.66. The van der Waals surface area contributed by atoms with Gasteiger partial charge in [-0.15, -0.1) is 0 Å². The maximum absolute atomic E-state index is 5.08. The van der Waals surface area contributed by atoms with Crippen molar-refractivity contribution < 1.29 is 0 Å². The number of nitrogens with zero attached hydrogens (tertiary/aromatic N) is 7. The largest absolute Gasteiger partial charge is 0.345 e. The van der Waals surface area contributed by atoms with Gasteiger partial charge in [0.1, 0.15) is 5.52 Å². The third kappa shape index (κ3) is 5.74. The monoisotopic (exact) mass is 618 g/mol. The van der Waals surface area contributed by atoms with E-state index in [1.165, 1.54) is 33.7 Å². The van der Waals surface area contributed by atoms with Crippen LogP contribution in [0, 0.1) is 0 Å². The van der Waals surface area contributed by atoms with Crippen LogP contribution >= 0.6 is 0 Å². The van der Waals surface area contributed by atoms with Gasteiger partial charge in [-0.25, -0.2) is 14.6 Å². The maximum atomic E-state index is 5.08. The summed E-state index contributed by atoms with van der Waals surface area (Å²) in [6.45, 7) is 0. The molecule has 8 nitrogen and oxygen atoms in total. The summed E-state index contributed by atoms with van der Waals surface area (Å²) in [5.41, 5.74) is 14.2. The van der Waals surface area contributed by atoms with Gasteiger partial charge in [0.15, 0.2) is 22.6 Å². The van der Waals surface area contributed by atoms with Crippen LogP contribution in [0.25, 0.3) is 57.5 Å². The van der Waals surface area contributed by atoms with Gasteiger partial charge in [0.05, 0.1) is 113 Å². The van der Waals surface area contributed by atoms with E-state index >= 15 is 0 Å². The summed E-state index contributed by atoms with van der Waals surface area (Å²) in [7, 11) is 27.2. The maximum Gasteiger partial charge on any atom is 0.218 e. The Balaban J connectivity index is 2.05. The molecule has 2 aliphatic rings. The molecule has 0 amide bonds. The first-order chi connectivity index (χ1) is 21.3. The van der Waals surface area contributed by atoms with Crippen LogP contribution in [0.1, 0.15) is 22.8 Å². The molecule has 0 unspecified atom stereocenters. The van der Waals surface area contributed by atoms with Gasteiger partial charge in [0.25, 0.3) is 0 Å². The lowest BCUT2D eigenvalue weighted by molar-refractivity contribution is 0.279. The average Bonchev–Trinajstić information content (AvgIpc) is 3.70. The molecule has 3 aromatic heterocycles. The highest BCUT2D eigenvalue weighted by Gasteiger charge is 2.40. The molecule has 2 aliphatic heterocycles. The number of aromatic nitrogens is 4. The Hall–Kier alpha value is -4.34. The van der Waals surface area contributed by atoms with E-state index in [0.29, 0.717) is 18.0 Å². The van der Waals surface area contributed by atoms with E-state index in [1.807, 2.05) is 0 Å². The van der Waals surface area contributed by atoms with E-state index in [4.69, 9.17) is 9.97 Å². The molecule has 238 valence electrons. The minimum atomic E-state index is 0.558. The second-order valence-electron chi connectivity index (χ2n) is 16.0. The predicted molar refractivity (Wildman–Crippen MR) is 202 cm³/mol.